The molecule has 0 saturated carbocycles. The Labute approximate surface area is 146 Å². The average Bonchev–Trinajstić information content (AvgIpc) is 3.13. The Kier molecular flexibility index (Phi) is 4.80. The van der Waals surface area contributed by atoms with Gasteiger partial charge in [0.15, 0.2) is 0 Å². The van der Waals surface area contributed by atoms with E-state index in [1.165, 1.54) is 0 Å². The summed E-state index contributed by atoms with van der Waals surface area (Å²) in [5, 5.41) is 4.43. The molecule has 3 rings (SSSR count). The Hall–Kier alpha value is -2.74. The number of carbonyl (C=O) groups is 1. The van der Waals surface area contributed by atoms with Gasteiger partial charge in [-0.3, -0.25) is 13.9 Å². The molecule has 25 heavy (non-hydrogen) atoms. The highest BCUT2D eigenvalue weighted by Gasteiger charge is 2.22. The molecule has 0 aliphatic heterocycles. The molecule has 0 spiro atoms. The summed E-state index contributed by atoms with van der Waals surface area (Å²) in [6.45, 7) is 5.36. The maximum absolute atomic E-state index is 13.0. The lowest BCUT2D eigenvalue weighted by molar-refractivity contribution is 0.0674. The van der Waals surface area contributed by atoms with Gasteiger partial charge in [0, 0.05) is 57.1 Å². The fourth-order valence-electron chi connectivity index (χ4n) is 2.79. The first kappa shape index (κ1) is 17.1. The van der Waals surface area contributed by atoms with Crippen LogP contribution in [0.5, 0.6) is 0 Å². The quantitative estimate of drug-likeness (QED) is 0.676. The number of aryl methyl sites for hydroxylation is 2. The number of imidazole rings is 1. The van der Waals surface area contributed by atoms with E-state index in [0.29, 0.717) is 31.2 Å². The minimum atomic E-state index is -0.148. The minimum absolute atomic E-state index is 0.148. The topological polar surface area (TPSA) is 77.5 Å². The van der Waals surface area contributed by atoms with E-state index < -0.39 is 0 Å². The first-order chi connectivity index (χ1) is 12.0. The van der Waals surface area contributed by atoms with Gasteiger partial charge in [-0.25, -0.2) is 9.97 Å². The maximum Gasteiger partial charge on any atom is 0.274 e. The van der Waals surface area contributed by atoms with Crippen molar-refractivity contribution in [2.75, 3.05) is 20.3 Å². The molecule has 132 valence electrons. The van der Waals surface area contributed by atoms with E-state index in [0.717, 1.165) is 17.0 Å². The van der Waals surface area contributed by atoms with Gasteiger partial charge in [0.05, 0.1) is 12.3 Å². The van der Waals surface area contributed by atoms with Gasteiger partial charge in [0.25, 0.3) is 5.91 Å². The Morgan fingerprint density at radius 2 is 2.16 bits per heavy atom. The summed E-state index contributed by atoms with van der Waals surface area (Å²) in [6, 6.07) is 1.80. The van der Waals surface area contributed by atoms with Crippen molar-refractivity contribution < 1.29 is 9.53 Å². The number of aromatic nitrogens is 5. The SMILES string of the molecule is COCCN(Cc1c(C)nn(C)c1C)C(=O)c1cn2cccnc2n1. The van der Waals surface area contributed by atoms with E-state index in [1.807, 2.05) is 31.8 Å². The molecule has 0 unspecified atom stereocenters. The van der Waals surface area contributed by atoms with Crippen molar-refractivity contribution in [3.63, 3.8) is 0 Å². The lowest BCUT2D eigenvalue weighted by Gasteiger charge is -2.21. The van der Waals surface area contributed by atoms with Crippen molar-refractivity contribution >= 4 is 11.7 Å². The van der Waals surface area contributed by atoms with Crippen LogP contribution >= 0.6 is 0 Å². The summed E-state index contributed by atoms with van der Waals surface area (Å²) in [4.78, 5) is 23.2. The highest BCUT2D eigenvalue weighted by Crippen LogP contribution is 2.16. The first-order valence-electron chi connectivity index (χ1n) is 8.08. The van der Waals surface area contributed by atoms with Gasteiger partial charge in [0.1, 0.15) is 5.69 Å². The predicted molar refractivity (Wildman–Crippen MR) is 92.3 cm³/mol. The molecular weight excluding hydrogens is 320 g/mol. The third kappa shape index (κ3) is 3.39. The largest absolute Gasteiger partial charge is 0.383 e. The second-order valence-electron chi connectivity index (χ2n) is 5.95. The van der Waals surface area contributed by atoms with Crippen LogP contribution in [0.1, 0.15) is 27.4 Å². The molecule has 3 heterocycles. The van der Waals surface area contributed by atoms with Gasteiger partial charge in [-0.2, -0.15) is 5.10 Å². The highest BCUT2D eigenvalue weighted by molar-refractivity contribution is 5.92. The molecular formula is C17H22N6O2. The van der Waals surface area contributed by atoms with E-state index in [4.69, 9.17) is 4.74 Å². The van der Waals surface area contributed by atoms with Gasteiger partial charge in [0.2, 0.25) is 5.78 Å². The standard InChI is InChI=1S/C17H22N6O2/c1-12-14(13(2)21(3)20-12)10-22(8-9-25-4)16(24)15-11-23-7-5-6-18-17(23)19-15/h5-7,11H,8-10H2,1-4H3. The number of hydrogen-bond donors (Lipinski definition) is 0. The van der Waals surface area contributed by atoms with E-state index in [1.54, 1.807) is 34.9 Å². The van der Waals surface area contributed by atoms with Gasteiger partial charge in [-0.1, -0.05) is 0 Å². The second kappa shape index (κ2) is 7.02. The Balaban J connectivity index is 1.90. The summed E-state index contributed by atoms with van der Waals surface area (Å²) in [7, 11) is 3.53. The number of rotatable bonds is 6. The zero-order valence-electron chi connectivity index (χ0n) is 14.9. The number of methoxy groups -OCH3 is 1. The molecule has 3 aromatic heterocycles. The van der Waals surface area contributed by atoms with Crippen LogP contribution < -0.4 is 0 Å². The average molecular weight is 342 g/mol. The van der Waals surface area contributed by atoms with E-state index in [9.17, 15) is 4.79 Å². The fourth-order valence-corrected chi connectivity index (χ4v) is 2.79. The van der Waals surface area contributed by atoms with Crippen molar-refractivity contribution in [3.8, 4) is 0 Å². The lowest BCUT2D eigenvalue weighted by Crippen LogP contribution is -2.34. The van der Waals surface area contributed by atoms with Crippen LogP contribution in [0.2, 0.25) is 0 Å². The van der Waals surface area contributed by atoms with Gasteiger partial charge in [-0.05, 0) is 19.9 Å². The summed E-state index contributed by atoms with van der Waals surface area (Å²) in [6.07, 6.45) is 5.18. The molecule has 0 bridgehead atoms. The minimum Gasteiger partial charge on any atom is -0.383 e. The van der Waals surface area contributed by atoms with Crippen LogP contribution in [0.3, 0.4) is 0 Å². The zero-order valence-corrected chi connectivity index (χ0v) is 14.9. The van der Waals surface area contributed by atoms with Crippen LogP contribution in [0.15, 0.2) is 24.7 Å². The number of nitrogens with zero attached hydrogens (tertiary/aromatic N) is 6. The predicted octanol–water partition coefficient (Wildman–Crippen LogP) is 1.37. The second-order valence-corrected chi connectivity index (χ2v) is 5.95. The van der Waals surface area contributed by atoms with Crippen LogP contribution in [0.25, 0.3) is 5.78 Å². The normalized spacial score (nSPS) is 11.2. The van der Waals surface area contributed by atoms with E-state index in [2.05, 4.69) is 15.1 Å². The van der Waals surface area contributed by atoms with Crippen molar-refractivity contribution in [2.45, 2.75) is 20.4 Å². The van der Waals surface area contributed by atoms with Crippen molar-refractivity contribution in [1.82, 2.24) is 29.0 Å². The number of amides is 1. The molecule has 0 aromatic carbocycles. The number of hydrogen-bond acceptors (Lipinski definition) is 5. The molecule has 0 aliphatic carbocycles. The summed E-state index contributed by atoms with van der Waals surface area (Å²) in [5.74, 6) is 0.358. The smallest absolute Gasteiger partial charge is 0.274 e. The summed E-state index contributed by atoms with van der Waals surface area (Å²) < 4.78 is 8.74. The molecule has 0 radical (unpaired) electrons. The summed E-state index contributed by atoms with van der Waals surface area (Å²) in [5.41, 5.74) is 3.39. The monoisotopic (exact) mass is 342 g/mol. The molecule has 0 saturated heterocycles. The molecule has 3 aromatic rings. The Morgan fingerprint density at radius 3 is 2.80 bits per heavy atom. The van der Waals surface area contributed by atoms with Gasteiger partial charge < -0.3 is 9.64 Å². The van der Waals surface area contributed by atoms with E-state index in [-0.39, 0.29) is 5.91 Å². The van der Waals surface area contributed by atoms with Crippen molar-refractivity contribution in [3.05, 3.63) is 47.3 Å². The number of carbonyl (C=O) groups excluding carboxylic acids is 1. The first-order valence-corrected chi connectivity index (χ1v) is 8.08. The van der Waals surface area contributed by atoms with Crippen molar-refractivity contribution in [2.24, 2.45) is 7.05 Å². The van der Waals surface area contributed by atoms with Gasteiger partial charge >= 0.3 is 0 Å². The maximum atomic E-state index is 13.0. The fraction of sp³-hybridized carbons (Fsp3) is 0.412. The third-order valence-corrected chi connectivity index (χ3v) is 4.32. The third-order valence-electron chi connectivity index (χ3n) is 4.32. The Bertz CT molecular complexity index is 865. The number of fused-ring (bicyclic) bond motifs is 1. The molecule has 8 nitrogen and oxygen atoms in total. The number of ether oxygens (including phenoxy) is 1. The molecule has 0 N–H and O–H groups in total. The zero-order chi connectivity index (χ0) is 18.0. The van der Waals surface area contributed by atoms with E-state index >= 15 is 0 Å². The summed E-state index contributed by atoms with van der Waals surface area (Å²) >= 11 is 0. The molecule has 1 amide bonds. The van der Waals surface area contributed by atoms with Gasteiger partial charge in [-0.15, -0.1) is 0 Å². The van der Waals surface area contributed by atoms with Crippen LogP contribution in [0.4, 0.5) is 0 Å². The van der Waals surface area contributed by atoms with Crippen molar-refractivity contribution in [1.29, 1.82) is 0 Å². The molecule has 0 aliphatic rings. The van der Waals surface area contributed by atoms with Crippen LogP contribution in [-0.2, 0) is 18.3 Å². The van der Waals surface area contributed by atoms with Crippen LogP contribution in [-0.4, -0.2) is 55.2 Å². The van der Waals surface area contributed by atoms with Crippen LogP contribution in [0, 0.1) is 13.8 Å². The molecule has 0 fully saturated rings. The highest BCUT2D eigenvalue weighted by atomic mass is 16.5. The Morgan fingerprint density at radius 1 is 1.36 bits per heavy atom. The molecule has 0 atom stereocenters. The molecule has 8 heteroatoms. The lowest BCUT2D eigenvalue weighted by atomic mass is 10.1.